The molecule has 7 nitrogen and oxygen atoms in total. The Morgan fingerprint density at radius 1 is 1.48 bits per heavy atom. The smallest absolute Gasteiger partial charge is 0.237 e. The average Bonchev–Trinajstić information content (AvgIpc) is 2.74. The zero-order chi connectivity index (χ0) is 15.0. The molecule has 1 aromatic heterocycles. The number of nitrogens with one attached hydrogen (secondary N) is 1. The molecule has 3 rings (SSSR count). The number of fused-ring (bicyclic) bond motifs is 1. The molecule has 0 aromatic carbocycles. The number of carbonyl (C=O) groups is 1. The van der Waals surface area contributed by atoms with E-state index in [1.54, 1.807) is 4.90 Å². The van der Waals surface area contributed by atoms with Gasteiger partial charge < -0.3 is 9.32 Å². The van der Waals surface area contributed by atoms with Crippen LogP contribution in [0.1, 0.15) is 42.5 Å². The average molecular weight is 313 g/mol. The summed E-state index contributed by atoms with van der Waals surface area (Å²) >= 11 is 0. The number of oxazole rings is 1. The molecule has 2 heterocycles. The highest BCUT2D eigenvalue weighted by molar-refractivity contribution is 7.88. The predicted molar refractivity (Wildman–Crippen MR) is 75.1 cm³/mol. The Bertz CT molecular complexity index is 648. The highest BCUT2D eigenvalue weighted by Gasteiger charge is 2.30. The number of amides is 1. The van der Waals surface area contributed by atoms with Crippen molar-refractivity contribution in [3.05, 3.63) is 17.3 Å². The van der Waals surface area contributed by atoms with Crippen LogP contribution in [0.15, 0.2) is 4.42 Å². The Hall–Kier alpha value is -1.41. The van der Waals surface area contributed by atoms with Gasteiger partial charge in [-0.25, -0.2) is 18.1 Å². The van der Waals surface area contributed by atoms with Crippen LogP contribution in [0, 0.1) is 0 Å². The van der Waals surface area contributed by atoms with Gasteiger partial charge in [-0.15, -0.1) is 0 Å². The number of hydrogen-bond donors (Lipinski definition) is 1. The second-order valence-electron chi connectivity index (χ2n) is 5.71. The predicted octanol–water partition coefficient (Wildman–Crippen LogP) is 0.376. The largest absolute Gasteiger partial charge is 0.445 e. The van der Waals surface area contributed by atoms with Gasteiger partial charge in [-0.3, -0.25) is 4.79 Å². The normalized spacial score (nSPS) is 19.2. The standard InChI is InChI=1S/C13H19N3O4S/c1-21(18,19)14-7-12(17)16-6-5-11-10(8-16)15-13(20-11)9-3-2-4-9/h9,14H,2-8H2,1H3. The maximum absolute atomic E-state index is 12.0. The molecular weight excluding hydrogens is 294 g/mol. The van der Waals surface area contributed by atoms with E-state index in [1.165, 1.54) is 6.42 Å². The molecule has 1 N–H and O–H groups in total. The highest BCUT2D eigenvalue weighted by atomic mass is 32.2. The summed E-state index contributed by atoms with van der Waals surface area (Å²) in [7, 11) is -3.35. The fraction of sp³-hybridized carbons (Fsp3) is 0.692. The van der Waals surface area contributed by atoms with Crippen LogP contribution in [0.5, 0.6) is 0 Å². The Kier molecular flexibility index (Phi) is 3.75. The minimum Gasteiger partial charge on any atom is -0.445 e. The molecule has 2 aliphatic rings. The molecular formula is C13H19N3O4S. The summed E-state index contributed by atoms with van der Waals surface area (Å²) in [5, 5.41) is 0. The number of rotatable bonds is 4. The lowest BCUT2D eigenvalue weighted by molar-refractivity contribution is -0.130. The van der Waals surface area contributed by atoms with Crippen LogP contribution >= 0.6 is 0 Å². The number of hydrogen-bond acceptors (Lipinski definition) is 5. The molecule has 1 aromatic rings. The van der Waals surface area contributed by atoms with Crippen molar-refractivity contribution in [3.8, 4) is 0 Å². The van der Waals surface area contributed by atoms with E-state index in [1.807, 2.05) is 0 Å². The number of nitrogens with zero attached hydrogens (tertiary/aromatic N) is 2. The lowest BCUT2D eigenvalue weighted by atomic mass is 9.85. The van der Waals surface area contributed by atoms with Crippen molar-refractivity contribution in [1.29, 1.82) is 0 Å². The quantitative estimate of drug-likeness (QED) is 0.867. The van der Waals surface area contributed by atoms with Crippen molar-refractivity contribution in [3.63, 3.8) is 0 Å². The molecule has 8 heteroatoms. The van der Waals surface area contributed by atoms with Gasteiger partial charge in [0.1, 0.15) is 11.5 Å². The first-order chi connectivity index (χ1) is 9.92. The highest BCUT2D eigenvalue weighted by Crippen LogP contribution is 2.37. The summed E-state index contributed by atoms with van der Waals surface area (Å²) < 4.78 is 30.1. The van der Waals surface area contributed by atoms with Crippen LogP contribution in [0.2, 0.25) is 0 Å². The van der Waals surface area contributed by atoms with E-state index in [9.17, 15) is 13.2 Å². The lowest BCUT2D eigenvalue weighted by Gasteiger charge is -2.25. The maximum Gasteiger partial charge on any atom is 0.237 e. The molecule has 1 aliphatic carbocycles. The van der Waals surface area contributed by atoms with Gasteiger partial charge >= 0.3 is 0 Å². The Morgan fingerprint density at radius 3 is 2.86 bits per heavy atom. The van der Waals surface area contributed by atoms with E-state index in [0.717, 1.165) is 36.4 Å². The van der Waals surface area contributed by atoms with Crippen molar-refractivity contribution in [2.24, 2.45) is 0 Å². The Balaban J connectivity index is 1.63. The summed E-state index contributed by atoms with van der Waals surface area (Å²) in [6.45, 7) is 0.730. The first kappa shape index (κ1) is 14.5. The Labute approximate surface area is 123 Å². The van der Waals surface area contributed by atoms with Gasteiger partial charge in [0.25, 0.3) is 0 Å². The lowest BCUT2D eigenvalue weighted by Crippen LogP contribution is -2.42. The third-order valence-electron chi connectivity index (χ3n) is 4.04. The van der Waals surface area contributed by atoms with Crippen molar-refractivity contribution in [2.75, 3.05) is 19.3 Å². The molecule has 21 heavy (non-hydrogen) atoms. The third kappa shape index (κ3) is 3.26. The van der Waals surface area contributed by atoms with E-state index >= 15 is 0 Å². The second kappa shape index (κ2) is 5.42. The fourth-order valence-corrected chi connectivity index (χ4v) is 2.95. The van der Waals surface area contributed by atoms with Gasteiger partial charge in [0.05, 0.1) is 19.3 Å². The minimum atomic E-state index is -3.35. The van der Waals surface area contributed by atoms with E-state index in [-0.39, 0.29) is 12.5 Å². The third-order valence-corrected chi connectivity index (χ3v) is 4.71. The molecule has 0 atom stereocenters. The minimum absolute atomic E-state index is 0.207. The van der Waals surface area contributed by atoms with Crippen LogP contribution in [-0.2, 0) is 27.8 Å². The summed E-state index contributed by atoms with van der Waals surface area (Å²) in [4.78, 5) is 18.1. The van der Waals surface area contributed by atoms with E-state index < -0.39 is 10.0 Å². The topological polar surface area (TPSA) is 92.5 Å². The van der Waals surface area contributed by atoms with E-state index in [0.29, 0.717) is 25.4 Å². The zero-order valence-electron chi connectivity index (χ0n) is 12.0. The molecule has 1 amide bonds. The summed E-state index contributed by atoms with van der Waals surface area (Å²) in [6.07, 6.45) is 5.15. The van der Waals surface area contributed by atoms with Crippen LogP contribution < -0.4 is 4.72 Å². The molecule has 0 bridgehead atoms. The SMILES string of the molecule is CS(=O)(=O)NCC(=O)N1CCc2oc(C3CCC3)nc2C1. The number of carbonyl (C=O) groups excluding carboxylic acids is 1. The van der Waals surface area contributed by atoms with Crippen molar-refractivity contribution in [1.82, 2.24) is 14.6 Å². The number of aromatic nitrogens is 1. The van der Waals surface area contributed by atoms with Crippen molar-refractivity contribution in [2.45, 2.75) is 38.1 Å². The van der Waals surface area contributed by atoms with E-state index in [2.05, 4.69) is 9.71 Å². The molecule has 1 saturated carbocycles. The van der Waals surface area contributed by atoms with Crippen LogP contribution in [0.25, 0.3) is 0 Å². The molecule has 0 unspecified atom stereocenters. The summed E-state index contributed by atoms with van der Waals surface area (Å²) in [5.41, 5.74) is 0.816. The molecule has 0 spiro atoms. The molecule has 1 fully saturated rings. The summed E-state index contributed by atoms with van der Waals surface area (Å²) in [5.74, 6) is 1.87. The zero-order valence-corrected chi connectivity index (χ0v) is 12.8. The molecule has 0 saturated heterocycles. The van der Waals surface area contributed by atoms with Gasteiger partial charge in [0.2, 0.25) is 15.9 Å². The van der Waals surface area contributed by atoms with Crippen LogP contribution in [-0.4, -0.2) is 43.6 Å². The van der Waals surface area contributed by atoms with Gasteiger partial charge in [0.15, 0.2) is 5.89 Å². The maximum atomic E-state index is 12.0. The second-order valence-corrected chi connectivity index (χ2v) is 7.54. The monoisotopic (exact) mass is 313 g/mol. The molecule has 116 valence electrons. The van der Waals surface area contributed by atoms with Gasteiger partial charge in [-0.1, -0.05) is 6.42 Å². The van der Waals surface area contributed by atoms with Gasteiger partial charge in [-0.2, -0.15) is 0 Å². The molecule has 1 aliphatic heterocycles. The number of sulfonamides is 1. The first-order valence-electron chi connectivity index (χ1n) is 7.13. The van der Waals surface area contributed by atoms with Crippen LogP contribution in [0.4, 0.5) is 0 Å². The Morgan fingerprint density at radius 2 is 2.24 bits per heavy atom. The molecule has 0 radical (unpaired) electrons. The van der Waals surface area contributed by atoms with Crippen molar-refractivity contribution >= 4 is 15.9 Å². The fourth-order valence-electron chi connectivity index (χ4n) is 2.57. The van der Waals surface area contributed by atoms with Crippen LogP contribution in [0.3, 0.4) is 0 Å². The first-order valence-corrected chi connectivity index (χ1v) is 9.02. The summed E-state index contributed by atoms with van der Waals surface area (Å²) in [6, 6.07) is 0. The van der Waals surface area contributed by atoms with Crippen molar-refractivity contribution < 1.29 is 17.6 Å². The van der Waals surface area contributed by atoms with E-state index in [4.69, 9.17) is 4.42 Å². The van der Waals surface area contributed by atoms with Gasteiger partial charge in [0, 0.05) is 18.9 Å². The van der Waals surface area contributed by atoms with Gasteiger partial charge in [-0.05, 0) is 12.8 Å².